The summed E-state index contributed by atoms with van der Waals surface area (Å²) in [4.78, 5) is 26.7. The molecule has 0 saturated carbocycles. The zero-order chi connectivity index (χ0) is 12.8. The monoisotopic (exact) mass is 255 g/mol. The van der Waals surface area contributed by atoms with Gasteiger partial charge >= 0.3 is 0 Å². The lowest BCUT2D eigenvalue weighted by molar-refractivity contribution is -0.116. The normalized spacial score (nSPS) is 12.2. The molecule has 5 nitrogen and oxygen atoms in total. The second kappa shape index (κ2) is 6.46. The van der Waals surface area contributed by atoms with Gasteiger partial charge in [0.25, 0.3) is 0 Å². The topological polar surface area (TPSA) is 71.1 Å². The fourth-order valence-electron chi connectivity index (χ4n) is 1.36. The minimum Gasteiger partial charge on any atom is -0.314 e. The molecule has 1 aromatic heterocycles. The lowest BCUT2D eigenvalue weighted by Gasteiger charge is -2.10. The predicted molar refractivity (Wildman–Crippen MR) is 68.5 cm³/mol. The Labute approximate surface area is 105 Å². The number of Topliss-reactive ketones (excluding diaryl/α,β-unsaturated/α-hetero) is 1. The largest absolute Gasteiger partial charge is 0.314 e. The van der Waals surface area contributed by atoms with Crippen molar-refractivity contribution in [3.63, 3.8) is 0 Å². The molecule has 6 heteroatoms. The smallest absolute Gasteiger partial charge is 0.227 e. The SMILES string of the molecule is CCNC(C)CC(=O)Nc1nc(C(C)=O)cs1. The lowest BCUT2D eigenvalue weighted by Crippen LogP contribution is -2.30. The highest BCUT2D eigenvalue weighted by atomic mass is 32.1. The number of hydrogen-bond acceptors (Lipinski definition) is 5. The van der Waals surface area contributed by atoms with Crippen LogP contribution in [0.5, 0.6) is 0 Å². The first-order chi connectivity index (χ1) is 8.02. The number of rotatable bonds is 6. The van der Waals surface area contributed by atoms with E-state index in [9.17, 15) is 9.59 Å². The van der Waals surface area contributed by atoms with E-state index in [1.807, 2.05) is 13.8 Å². The van der Waals surface area contributed by atoms with E-state index in [4.69, 9.17) is 0 Å². The van der Waals surface area contributed by atoms with E-state index in [1.54, 1.807) is 5.38 Å². The number of hydrogen-bond donors (Lipinski definition) is 2. The van der Waals surface area contributed by atoms with Crippen LogP contribution in [0.25, 0.3) is 0 Å². The van der Waals surface area contributed by atoms with E-state index >= 15 is 0 Å². The second-order valence-corrected chi connectivity index (χ2v) is 4.66. The first-order valence-corrected chi connectivity index (χ1v) is 6.40. The van der Waals surface area contributed by atoms with Gasteiger partial charge in [0.1, 0.15) is 5.69 Å². The van der Waals surface area contributed by atoms with Crippen molar-refractivity contribution < 1.29 is 9.59 Å². The number of nitrogens with zero attached hydrogens (tertiary/aromatic N) is 1. The zero-order valence-electron chi connectivity index (χ0n) is 10.2. The maximum Gasteiger partial charge on any atom is 0.227 e. The Balaban J connectivity index is 2.47. The number of aromatic nitrogens is 1. The van der Waals surface area contributed by atoms with Crippen LogP contribution >= 0.6 is 11.3 Å². The van der Waals surface area contributed by atoms with E-state index in [-0.39, 0.29) is 17.7 Å². The molecule has 0 fully saturated rings. The van der Waals surface area contributed by atoms with Crippen LogP contribution in [-0.4, -0.2) is 29.3 Å². The molecule has 2 N–H and O–H groups in total. The molecule has 1 unspecified atom stereocenters. The number of amides is 1. The van der Waals surface area contributed by atoms with Gasteiger partial charge in [-0.3, -0.25) is 9.59 Å². The van der Waals surface area contributed by atoms with Crippen molar-refractivity contribution in [1.29, 1.82) is 0 Å². The Bertz CT molecular complexity index is 403. The average molecular weight is 255 g/mol. The van der Waals surface area contributed by atoms with Crippen molar-refractivity contribution in [3.05, 3.63) is 11.1 Å². The summed E-state index contributed by atoms with van der Waals surface area (Å²) < 4.78 is 0. The standard InChI is InChI=1S/C11H17N3O2S/c1-4-12-7(2)5-10(16)14-11-13-9(6-17-11)8(3)15/h6-7,12H,4-5H2,1-3H3,(H,13,14,16). The van der Waals surface area contributed by atoms with Gasteiger partial charge in [-0.25, -0.2) is 4.98 Å². The molecule has 0 spiro atoms. The van der Waals surface area contributed by atoms with Crippen molar-refractivity contribution in [3.8, 4) is 0 Å². The molecule has 1 rings (SSSR count). The number of anilines is 1. The fraction of sp³-hybridized carbons (Fsp3) is 0.545. The van der Waals surface area contributed by atoms with Crippen molar-refractivity contribution in [2.24, 2.45) is 0 Å². The quantitative estimate of drug-likeness (QED) is 0.759. The molecule has 1 amide bonds. The van der Waals surface area contributed by atoms with E-state index in [2.05, 4.69) is 15.6 Å². The van der Waals surface area contributed by atoms with Gasteiger partial charge in [-0.15, -0.1) is 11.3 Å². The van der Waals surface area contributed by atoms with Crippen LogP contribution in [0.2, 0.25) is 0 Å². The number of thiazole rings is 1. The van der Waals surface area contributed by atoms with Gasteiger partial charge < -0.3 is 10.6 Å². The van der Waals surface area contributed by atoms with Gasteiger partial charge in [0, 0.05) is 24.8 Å². The van der Waals surface area contributed by atoms with Crippen molar-refractivity contribution >= 4 is 28.2 Å². The third kappa shape index (κ3) is 4.62. The molecular weight excluding hydrogens is 238 g/mol. The molecule has 0 saturated heterocycles. The van der Waals surface area contributed by atoms with Crippen LogP contribution < -0.4 is 10.6 Å². The Morgan fingerprint density at radius 1 is 1.53 bits per heavy atom. The van der Waals surface area contributed by atoms with E-state index in [0.717, 1.165) is 6.54 Å². The average Bonchev–Trinajstić information content (AvgIpc) is 2.66. The minimum atomic E-state index is -0.0947. The highest BCUT2D eigenvalue weighted by Gasteiger charge is 2.11. The summed E-state index contributed by atoms with van der Waals surface area (Å²) in [7, 11) is 0. The summed E-state index contributed by atoms with van der Waals surface area (Å²) in [6.45, 7) is 6.23. The van der Waals surface area contributed by atoms with Crippen LogP contribution in [0.4, 0.5) is 5.13 Å². The summed E-state index contributed by atoms with van der Waals surface area (Å²) in [5.41, 5.74) is 0.394. The number of ketones is 1. The highest BCUT2D eigenvalue weighted by Crippen LogP contribution is 2.15. The van der Waals surface area contributed by atoms with Gasteiger partial charge in [0.2, 0.25) is 5.91 Å². The molecule has 0 aliphatic heterocycles. The predicted octanol–water partition coefficient (Wildman–Crippen LogP) is 1.67. The molecule has 0 radical (unpaired) electrons. The summed E-state index contributed by atoms with van der Waals surface area (Å²) >= 11 is 1.26. The van der Waals surface area contributed by atoms with E-state index in [1.165, 1.54) is 18.3 Å². The second-order valence-electron chi connectivity index (χ2n) is 3.81. The number of carbonyl (C=O) groups excluding carboxylic acids is 2. The van der Waals surface area contributed by atoms with Crippen LogP contribution in [0, 0.1) is 0 Å². The van der Waals surface area contributed by atoms with E-state index in [0.29, 0.717) is 17.2 Å². The Kier molecular flexibility index (Phi) is 5.24. The number of carbonyl (C=O) groups is 2. The number of nitrogens with one attached hydrogen (secondary N) is 2. The Hall–Kier alpha value is -1.27. The molecule has 0 bridgehead atoms. The molecule has 1 heterocycles. The molecule has 94 valence electrons. The van der Waals surface area contributed by atoms with Crippen LogP contribution in [-0.2, 0) is 4.79 Å². The summed E-state index contributed by atoms with van der Waals surface area (Å²) in [6, 6.07) is 0.132. The van der Waals surface area contributed by atoms with Gasteiger partial charge in [-0.2, -0.15) is 0 Å². The Morgan fingerprint density at radius 3 is 2.76 bits per heavy atom. The summed E-state index contributed by atoms with van der Waals surface area (Å²) in [5.74, 6) is -0.189. The maximum absolute atomic E-state index is 11.6. The highest BCUT2D eigenvalue weighted by molar-refractivity contribution is 7.14. The van der Waals surface area contributed by atoms with Gasteiger partial charge in [-0.1, -0.05) is 6.92 Å². The minimum absolute atomic E-state index is 0.0945. The summed E-state index contributed by atoms with van der Waals surface area (Å²) in [5, 5.41) is 7.96. The van der Waals surface area contributed by atoms with Crippen molar-refractivity contribution in [1.82, 2.24) is 10.3 Å². The van der Waals surface area contributed by atoms with Gasteiger partial charge in [0.15, 0.2) is 10.9 Å². The Morgan fingerprint density at radius 2 is 2.24 bits per heavy atom. The third-order valence-electron chi connectivity index (χ3n) is 2.16. The van der Waals surface area contributed by atoms with Crippen LogP contribution in [0.3, 0.4) is 0 Å². The van der Waals surface area contributed by atoms with Crippen molar-refractivity contribution in [2.75, 3.05) is 11.9 Å². The first kappa shape index (κ1) is 13.8. The van der Waals surface area contributed by atoms with Crippen molar-refractivity contribution in [2.45, 2.75) is 33.2 Å². The molecule has 0 aliphatic rings. The molecule has 17 heavy (non-hydrogen) atoms. The fourth-order valence-corrected chi connectivity index (χ4v) is 2.13. The molecule has 0 aromatic carbocycles. The van der Waals surface area contributed by atoms with Gasteiger partial charge in [-0.05, 0) is 13.5 Å². The maximum atomic E-state index is 11.6. The molecule has 1 aromatic rings. The molecule has 1 atom stereocenters. The van der Waals surface area contributed by atoms with Crippen LogP contribution in [0.1, 0.15) is 37.7 Å². The first-order valence-electron chi connectivity index (χ1n) is 5.52. The zero-order valence-corrected chi connectivity index (χ0v) is 11.1. The molecule has 0 aliphatic carbocycles. The lowest BCUT2D eigenvalue weighted by atomic mass is 10.2. The van der Waals surface area contributed by atoms with Gasteiger partial charge in [0.05, 0.1) is 0 Å². The van der Waals surface area contributed by atoms with Crippen LogP contribution in [0.15, 0.2) is 5.38 Å². The van der Waals surface area contributed by atoms with E-state index < -0.39 is 0 Å². The summed E-state index contributed by atoms with van der Waals surface area (Å²) in [6.07, 6.45) is 0.392. The molecular formula is C11H17N3O2S. The third-order valence-corrected chi connectivity index (χ3v) is 2.91.